The van der Waals surface area contributed by atoms with Crippen LogP contribution >= 0.6 is 0 Å². The molecule has 1 aromatic heterocycles. The number of carbonyl (C=O) groups excluding carboxylic acids is 1. The van der Waals surface area contributed by atoms with Crippen molar-refractivity contribution < 1.29 is 9.18 Å². The third-order valence-corrected chi connectivity index (χ3v) is 4.11. The zero-order valence-corrected chi connectivity index (χ0v) is 14.4. The molecule has 0 fully saturated rings. The average molecular weight is 345 g/mol. The van der Waals surface area contributed by atoms with Crippen molar-refractivity contribution in [1.82, 2.24) is 9.78 Å². The Morgan fingerprint density at radius 1 is 1.12 bits per heavy atom. The largest absolute Gasteiger partial charge is 0.288 e. The first-order chi connectivity index (χ1) is 12.5. The summed E-state index contributed by atoms with van der Waals surface area (Å²) < 4.78 is 14.8. The molecule has 0 radical (unpaired) electrons. The Labute approximate surface area is 150 Å². The topological polar surface area (TPSA) is 58.7 Å². The van der Waals surface area contributed by atoms with Crippen molar-refractivity contribution >= 4 is 11.9 Å². The highest BCUT2D eigenvalue weighted by molar-refractivity contribution is 6.14. The first kappa shape index (κ1) is 17.3. The number of rotatable bonds is 4. The van der Waals surface area contributed by atoms with Gasteiger partial charge in [-0.05, 0) is 44.2 Å². The second-order valence-electron chi connectivity index (χ2n) is 5.84. The van der Waals surface area contributed by atoms with Crippen LogP contribution in [0.25, 0.3) is 11.8 Å². The first-order valence-corrected chi connectivity index (χ1v) is 8.05. The number of Topliss-reactive ketones (excluding diaryl/α,β-unsaturated/α-hetero) is 1. The molecule has 0 saturated carbocycles. The Morgan fingerprint density at radius 2 is 1.77 bits per heavy atom. The Balaban J connectivity index is 2.04. The van der Waals surface area contributed by atoms with Crippen LogP contribution in [0, 0.1) is 31.0 Å². The van der Waals surface area contributed by atoms with Gasteiger partial charge in [0.1, 0.15) is 17.5 Å². The maximum Gasteiger partial charge on any atom is 0.203 e. The molecule has 0 unspecified atom stereocenters. The molecule has 2 aromatic carbocycles. The van der Waals surface area contributed by atoms with Crippen LogP contribution in [0.4, 0.5) is 4.39 Å². The minimum Gasteiger partial charge on any atom is -0.288 e. The number of benzene rings is 2. The molecular weight excluding hydrogens is 329 g/mol. The lowest BCUT2D eigenvalue weighted by atomic mass is 10.0. The van der Waals surface area contributed by atoms with Crippen LogP contribution < -0.4 is 0 Å². The van der Waals surface area contributed by atoms with Gasteiger partial charge in [-0.2, -0.15) is 10.4 Å². The second kappa shape index (κ2) is 7.16. The number of nitriles is 1. The van der Waals surface area contributed by atoms with E-state index in [-0.39, 0.29) is 17.2 Å². The summed E-state index contributed by atoms with van der Waals surface area (Å²) in [6.07, 6.45) is 1.56. The Morgan fingerprint density at radius 3 is 2.38 bits per heavy atom. The van der Waals surface area contributed by atoms with E-state index in [0.717, 1.165) is 5.69 Å². The van der Waals surface area contributed by atoms with Crippen molar-refractivity contribution in [3.05, 3.63) is 88.5 Å². The van der Waals surface area contributed by atoms with E-state index in [0.29, 0.717) is 22.5 Å². The molecule has 0 atom stereocenters. The fourth-order valence-corrected chi connectivity index (χ4v) is 2.74. The van der Waals surface area contributed by atoms with Crippen LogP contribution in [0.3, 0.4) is 0 Å². The molecule has 26 heavy (non-hydrogen) atoms. The summed E-state index contributed by atoms with van der Waals surface area (Å²) in [6, 6.07) is 16.6. The number of allylic oxidation sites excluding steroid dienone is 1. The van der Waals surface area contributed by atoms with E-state index in [1.54, 1.807) is 54.1 Å². The van der Waals surface area contributed by atoms with Crippen LogP contribution in [-0.4, -0.2) is 15.6 Å². The Hall–Kier alpha value is -3.52. The second-order valence-corrected chi connectivity index (χ2v) is 5.84. The number of nitrogens with zero attached hydrogens (tertiary/aromatic N) is 3. The van der Waals surface area contributed by atoms with Gasteiger partial charge in [0.05, 0.1) is 11.4 Å². The van der Waals surface area contributed by atoms with Gasteiger partial charge in [0.25, 0.3) is 0 Å². The van der Waals surface area contributed by atoms with Gasteiger partial charge in [-0.25, -0.2) is 9.07 Å². The molecule has 0 aliphatic rings. The fraction of sp³-hybridized carbons (Fsp3) is 0.0952. The van der Waals surface area contributed by atoms with Gasteiger partial charge in [0.15, 0.2) is 0 Å². The summed E-state index contributed by atoms with van der Waals surface area (Å²) in [7, 11) is 0. The van der Waals surface area contributed by atoms with Gasteiger partial charge in [-0.1, -0.05) is 30.3 Å². The zero-order chi connectivity index (χ0) is 18.7. The van der Waals surface area contributed by atoms with E-state index in [4.69, 9.17) is 0 Å². The van der Waals surface area contributed by atoms with E-state index < -0.39 is 0 Å². The first-order valence-electron chi connectivity index (χ1n) is 8.05. The predicted molar refractivity (Wildman–Crippen MR) is 97.4 cm³/mol. The van der Waals surface area contributed by atoms with Gasteiger partial charge < -0.3 is 0 Å². The smallest absolute Gasteiger partial charge is 0.203 e. The van der Waals surface area contributed by atoms with Crippen molar-refractivity contribution in [2.45, 2.75) is 13.8 Å². The average Bonchev–Trinajstić information content (AvgIpc) is 2.94. The number of aryl methyl sites for hydroxylation is 1. The molecular formula is C21H16FN3O. The molecule has 0 aliphatic carbocycles. The number of aromatic nitrogens is 2. The van der Waals surface area contributed by atoms with Crippen molar-refractivity contribution in [2.75, 3.05) is 0 Å². The molecule has 3 rings (SSSR count). The van der Waals surface area contributed by atoms with Gasteiger partial charge in [-0.3, -0.25) is 4.79 Å². The normalized spacial score (nSPS) is 11.2. The lowest BCUT2D eigenvalue weighted by Gasteiger charge is -2.04. The quantitative estimate of drug-likeness (QED) is 0.399. The van der Waals surface area contributed by atoms with Crippen LogP contribution in [0.2, 0.25) is 0 Å². The summed E-state index contributed by atoms with van der Waals surface area (Å²) >= 11 is 0. The van der Waals surface area contributed by atoms with E-state index in [9.17, 15) is 14.4 Å². The monoisotopic (exact) mass is 345 g/mol. The zero-order valence-electron chi connectivity index (χ0n) is 14.4. The molecule has 4 nitrogen and oxygen atoms in total. The van der Waals surface area contributed by atoms with Gasteiger partial charge in [-0.15, -0.1) is 0 Å². The molecule has 0 saturated heterocycles. The van der Waals surface area contributed by atoms with Crippen LogP contribution in [0.15, 0.2) is 60.2 Å². The highest BCUT2D eigenvalue weighted by Gasteiger charge is 2.16. The Bertz CT molecular complexity index is 1030. The predicted octanol–water partition coefficient (Wildman–Crippen LogP) is 4.42. The van der Waals surface area contributed by atoms with Crippen molar-refractivity contribution in [1.29, 1.82) is 5.26 Å². The molecule has 128 valence electrons. The molecule has 0 spiro atoms. The van der Waals surface area contributed by atoms with Crippen LogP contribution in [0.1, 0.15) is 27.3 Å². The number of carbonyl (C=O) groups is 1. The van der Waals surface area contributed by atoms with Gasteiger partial charge in [0.2, 0.25) is 5.78 Å². The minimum absolute atomic E-state index is 0.0426. The fourth-order valence-electron chi connectivity index (χ4n) is 2.74. The Kier molecular flexibility index (Phi) is 4.76. The molecule has 1 heterocycles. The molecule has 3 aromatic rings. The summed E-state index contributed by atoms with van der Waals surface area (Å²) in [5, 5.41) is 13.9. The minimum atomic E-state index is -0.332. The van der Waals surface area contributed by atoms with E-state index in [1.165, 1.54) is 12.1 Å². The summed E-state index contributed by atoms with van der Waals surface area (Å²) in [4.78, 5) is 12.6. The SMILES string of the molecule is Cc1nn(-c2ccc(F)cc2)c(C)c1/C=C(\C#N)C(=O)c1ccccc1. The lowest BCUT2D eigenvalue weighted by molar-refractivity contribution is 0.104. The van der Waals surface area contributed by atoms with Crippen LogP contribution in [0.5, 0.6) is 0 Å². The van der Waals surface area contributed by atoms with E-state index >= 15 is 0 Å². The number of halogens is 1. The van der Waals surface area contributed by atoms with Crippen LogP contribution in [-0.2, 0) is 0 Å². The van der Waals surface area contributed by atoms with Crippen molar-refractivity contribution in [2.24, 2.45) is 0 Å². The third kappa shape index (κ3) is 3.31. The summed E-state index contributed by atoms with van der Waals surface area (Å²) in [5.41, 5.74) is 3.36. The van der Waals surface area contributed by atoms with E-state index in [2.05, 4.69) is 5.10 Å². The third-order valence-electron chi connectivity index (χ3n) is 4.11. The maximum absolute atomic E-state index is 13.1. The molecule has 0 bridgehead atoms. The molecule has 5 heteroatoms. The lowest BCUT2D eigenvalue weighted by Crippen LogP contribution is -2.02. The molecule has 0 N–H and O–H groups in total. The van der Waals surface area contributed by atoms with Crippen molar-refractivity contribution in [3.63, 3.8) is 0 Å². The highest BCUT2D eigenvalue weighted by atomic mass is 19.1. The number of hydrogen-bond acceptors (Lipinski definition) is 3. The summed E-state index contributed by atoms with van der Waals surface area (Å²) in [6.45, 7) is 3.65. The summed E-state index contributed by atoms with van der Waals surface area (Å²) in [5.74, 6) is -0.656. The maximum atomic E-state index is 13.1. The van der Waals surface area contributed by atoms with E-state index in [1.807, 2.05) is 19.1 Å². The van der Waals surface area contributed by atoms with Gasteiger partial charge in [0, 0.05) is 16.8 Å². The standard InChI is InChI=1S/C21H16FN3O/c1-14-20(12-17(13-23)21(26)16-6-4-3-5-7-16)15(2)25(24-14)19-10-8-18(22)9-11-19/h3-12H,1-2H3/b17-12+. The molecule has 0 amide bonds. The highest BCUT2D eigenvalue weighted by Crippen LogP contribution is 2.22. The van der Waals surface area contributed by atoms with Gasteiger partial charge >= 0.3 is 0 Å². The molecule has 0 aliphatic heterocycles. The number of ketones is 1. The number of hydrogen-bond donors (Lipinski definition) is 0. The van der Waals surface area contributed by atoms with Crippen molar-refractivity contribution in [3.8, 4) is 11.8 Å².